The minimum Gasteiger partial charge on any atom is -0.312 e. The molecule has 1 aliphatic carbocycles. The molecule has 2 aliphatic rings. The van der Waals surface area contributed by atoms with Gasteiger partial charge in [0.1, 0.15) is 0 Å². The summed E-state index contributed by atoms with van der Waals surface area (Å²) < 4.78 is 0. The number of hydrogen-bond acceptors (Lipinski definition) is 2. The van der Waals surface area contributed by atoms with Crippen molar-refractivity contribution in [2.45, 2.75) is 65.0 Å². The van der Waals surface area contributed by atoms with E-state index in [4.69, 9.17) is 0 Å². The molecule has 2 unspecified atom stereocenters. The zero-order valence-corrected chi connectivity index (χ0v) is 11.3. The van der Waals surface area contributed by atoms with Crippen LogP contribution in [0.1, 0.15) is 52.9 Å². The Morgan fingerprint density at radius 3 is 2.50 bits per heavy atom. The van der Waals surface area contributed by atoms with Gasteiger partial charge in [0.2, 0.25) is 0 Å². The van der Waals surface area contributed by atoms with Crippen LogP contribution in [0.3, 0.4) is 0 Å². The smallest absolute Gasteiger partial charge is 0.0192 e. The quantitative estimate of drug-likeness (QED) is 0.790. The van der Waals surface area contributed by atoms with Crippen molar-refractivity contribution in [3.8, 4) is 0 Å². The SMILES string of the molecule is CC(CNC1CCCC1(C)C)N1CCCC1. The zero-order chi connectivity index (χ0) is 11.6. The molecule has 0 amide bonds. The second-order valence-electron chi connectivity index (χ2n) is 6.43. The van der Waals surface area contributed by atoms with Gasteiger partial charge in [-0.15, -0.1) is 0 Å². The van der Waals surface area contributed by atoms with Gasteiger partial charge in [-0.2, -0.15) is 0 Å². The minimum atomic E-state index is 0.519. The van der Waals surface area contributed by atoms with Gasteiger partial charge in [0.25, 0.3) is 0 Å². The molecule has 2 rings (SSSR count). The van der Waals surface area contributed by atoms with E-state index in [0.29, 0.717) is 5.41 Å². The fourth-order valence-electron chi connectivity index (χ4n) is 3.33. The third kappa shape index (κ3) is 2.78. The van der Waals surface area contributed by atoms with Crippen LogP contribution in [0.2, 0.25) is 0 Å². The summed E-state index contributed by atoms with van der Waals surface area (Å²) in [4.78, 5) is 2.63. The van der Waals surface area contributed by atoms with Crippen molar-refractivity contribution >= 4 is 0 Å². The van der Waals surface area contributed by atoms with Gasteiger partial charge in [0.15, 0.2) is 0 Å². The van der Waals surface area contributed by atoms with Crippen molar-refractivity contribution in [1.82, 2.24) is 10.2 Å². The molecule has 2 atom stereocenters. The molecule has 1 aliphatic heterocycles. The summed E-state index contributed by atoms with van der Waals surface area (Å²) in [6.45, 7) is 11.0. The van der Waals surface area contributed by atoms with Crippen LogP contribution in [0, 0.1) is 5.41 Å². The molecule has 2 fully saturated rings. The summed E-state index contributed by atoms with van der Waals surface area (Å²) in [6.07, 6.45) is 6.98. The molecule has 1 N–H and O–H groups in total. The third-order valence-corrected chi connectivity index (χ3v) is 4.68. The topological polar surface area (TPSA) is 15.3 Å². The molecule has 2 nitrogen and oxygen atoms in total. The maximum Gasteiger partial charge on any atom is 0.0192 e. The van der Waals surface area contributed by atoms with E-state index in [2.05, 4.69) is 31.0 Å². The Morgan fingerprint density at radius 1 is 1.25 bits per heavy atom. The fourth-order valence-corrected chi connectivity index (χ4v) is 3.33. The Hall–Kier alpha value is -0.0800. The normalized spacial score (nSPS) is 32.1. The average molecular weight is 224 g/mol. The van der Waals surface area contributed by atoms with Gasteiger partial charge in [0.05, 0.1) is 0 Å². The summed E-state index contributed by atoms with van der Waals surface area (Å²) in [5.74, 6) is 0. The van der Waals surface area contributed by atoms with Crippen LogP contribution in [0.15, 0.2) is 0 Å². The lowest BCUT2D eigenvalue weighted by molar-refractivity contribution is 0.220. The van der Waals surface area contributed by atoms with E-state index in [1.165, 1.54) is 51.7 Å². The first-order valence-corrected chi connectivity index (χ1v) is 7.07. The van der Waals surface area contributed by atoms with E-state index in [1.54, 1.807) is 0 Å². The molecule has 0 aromatic heterocycles. The van der Waals surface area contributed by atoms with Crippen molar-refractivity contribution in [3.63, 3.8) is 0 Å². The second kappa shape index (κ2) is 5.05. The molecule has 0 radical (unpaired) electrons. The fraction of sp³-hybridized carbons (Fsp3) is 1.00. The maximum absolute atomic E-state index is 3.81. The number of rotatable bonds is 4. The Labute approximate surface area is 101 Å². The first-order valence-electron chi connectivity index (χ1n) is 7.07. The van der Waals surface area contributed by atoms with Gasteiger partial charge in [-0.3, -0.25) is 4.90 Å². The molecule has 1 heterocycles. The molecule has 16 heavy (non-hydrogen) atoms. The van der Waals surface area contributed by atoms with Gasteiger partial charge >= 0.3 is 0 Å². The first kappa shape index (κ1) is 12.4. The van der Waals surface area contributed by atoms with Crippen molar-refractivity contribution in [2.24, 2.45) is 5.41 Å². The summed E-state index contributed by atoms with van der Waals surface area (Å²) in [5.41, 5.74) is 0.519. The second-order valence-corrected chi connectivity index (χ2v) is 6.43. The number of nitrogens with zero attached hydrogens (tertiary/aromatic N) is 1. The highest BCUT2D eigenvalue weighted by molar-refractivity contribution is 4.91. The van der Waals surface area contributed by atoms with Gasteiger partial charge in [-0.05, 0) is 51.1 Å². The molecule has 94 valence electrons. The van der Waals surface area contributed by atoms with Crippen molar-refractivity contribution in [3.05, 3.63) is 0 Å². The molecule has 0 bridgehead atoms. The number of nitrogens with one attached hydrogen (secondary N) is 1. The third-order valence-electron chi connectivity index (χ3n) is 4.68. The lowest BCUT2D eigenvalue weighted by Gasteiger charge is -2.31. The van der Waals surface area contributed by atoms with E-state index in [9.17, 15) is 0 Å². The van der Waals surface area contributed by atoms with Crippen LogP contribution in [-0.4, -0.2) is 36.6 Å². The van der Waals surface area contributed by atoms with E-state index < -0.39 is 0 Å². The summed E-state index contributed by atoms with van der Waals surface area (Å²) in [6, 6.07) is 1.47. The van der Waals surface area contributed by atoms with Crippen LogP contribution in [-0.2, 0) is 0 Å². The summed E-state index contributed by atoms with van der Waals surface area (Å²) >= 11 is 0. The maximum atomic E-state index is 3.81. The van der Waals surface area contributed by atoms with Crippen LogP contribution in [0.4, 0.5) is 0 Å². The van der Waals surface area contributed by atoms with E-state index in [-0.39, 0.29) is 0 Å². The summed E-state index contributed by atoms with van der Waals surface area (Å²) in [7, 11) is 0. The predicted molar refractivity (Wildman–Crippen MR) is 69.7 cm³/mol. The van der Waals surface area contributed by atoms with E-state index in [1.807, 2.05) is 0 Å². The predicted octanol–water partition coefficient (Wildman–Crippen LogP) is 2.64. The van der Waals surface area contributed by atoms with Crippen LogP contribution in [0.5, 0.6) is 0 Å². The molecule has 0 spiro atoms. The Kier molecular flexibility index (Phi) is 3.91. The molecule has 1 saturated carbocycles. The molecule has 0 aromatic rings. The number of likely N-dealkylation sites (tertiary alicyclic amines) is 1. The summed E-state index contributed by atoms with van der Waals surface area (Å²) in [5, 5.41) is 3.81. The molecular weight excluding hydrogens is 196 g/mol. The largest absolute Gasteiger partial charge is 0.312 e. The molecular formula is C14H28N2. The number of hydrogen-bond donors (Lipinski definition) is 1. The van der Waals surface area contributed by atoms with Gasteiger partial charge in [-0.25, -0.2) is 0 Å². The minimum absolute atomic E-state index is 0.519. The molecule has 2 heteroatoms. The highest BCUT2D eigenvalue weighted by atomic mass is 15.2. The van der Waals surface area contributed by atoms with Crippen molar-refractivity contribution < 1.29 is 0 Å². The lowest BCUT2D eigenvalue weighted by atomic mass is 9.87. The van der Waals surface area contributed by atoms with Crippen LogP contribution >= 0.6 is 0 Å². The van der Waals surface area contributed by atoms with E-state index >= 15 is 0 Å². The monoisotopic (exact) mass is 224 g/mol. The van der Waals surface area contributed by atoms with Crippen molar-refractivity contribution in [2.75, 3.05) is 19.6 Å². The van der Waals surface area contributed by atoms with Crippen LogP contribution < -0.4 is 5.32 Å². The highest BCUT2D eigenvalue weighted by Crippen LogP contribution is 2.37. The van der Waals surface area contributed by atoms with E-state index in [0.717, 1.165) is 12.1 Å². The average Bonchev–Trinajstić information content (AvgIpc) is 2.83. The highest BCUT2D eigenvalue weighted by Gasteiger charge is 2.34. The Morgan fingerprint density at radius 2 is 1.94 bits per heavy atom. The van der Waals surface area contributed by atoms with Gasteiger partial charge in [0, 0.05) is 18.6 Å². The Balaban J connectivity index is 1.74. The lowest BCUT2D eigenvalue weighted by Crippen LogP contribution is -2.45. The van der Waals surface area contributed by atoms with Gasteiger partial charge < -0.3 is 5.32 Å². The van der Waals surface area contributed by atoms with Crippen LogP contribution in [0.25, 0.3) is 0 Å². The van der Waals surface area contributed by atoms with Crippen molar-refractivity contribution in [1.29, 1.82) is 0 Å². The Bertz CT molecular complexity index is 219. The molecule has 1 saturated heterocycles. The van der Waals surface area contributed by atoms with Gasteiger partial charge in [-0.1, -0.05) is 20.3 Å². The standard InChI is InChI=1S/C14H28N2/c1-12(16-9-4-5-10-16)11-15-13-7-6-8-14(13,2)3/h12-13,15H,4-11H2,1-3H3. The first-order chi connectivity index (χ1) is 7.59. The zero-order valence-electron chi connectivity index (χ0n) is 11.3. The molecule has 0 aromatic carbocycles.